The topological polar surface area (TPSA) is 48.5 Å². The normalized spacial score (nSPS) is 9.50. The first kappa shape index (κ1) is 27.4. The Bertz CT molecular complexity index is 1130. The molecular formula is C23H17Cl3CoN5. The smallest absolute Gasteiger partial charge is 1.00 e. The van der Waals surface area contributed by atoms with Gasteiger partial charge in [0.05, 0.1) is 0 Å². The molecule has 0 saturated heterocycles. The van der Waals surface area contributed by atoms with Crippen LogP contribution < -0.4 is 37.2 Å². The number of benzene rings is 2. The Morgan fingerprint density at radius 1 is 0.500 bits per heavy atom. The van der Waals surface area contributed by atoms with Crippen LogP contribution in [-0.2, 0) is 16.8 Å². The van der Waals surface area contributed by atoms with Gasteiger partial charge in [-0.25, -0.2) is 15.0 Å². The molecule has 5 rings (SSSR count). The quantitative estimate of drug-likeness (QED) is 0.238. The molecule has 32 heavy (non-hydrogen) atoms. The van der Waals surface area contributed by atoms with Crippen LogP contribution in [-0.4, -0.2) is 24.1 Å². The van der Waals surface area contributed by atoms with Gasteiger partial charge in [-0.05, 0) is 36.4 Å². The largest absolute Gasteiger partial charge is 3.00 e. The molecule has 0 aliphatic heterocycles. The van der Waals surface area contributed by atoms with Crippen molar-refractivity contribution in [2.45, 2.75) is 0 Å². The number of imidazole rings is 2. The fourth-order valence-electron chi connectivity index (χ4n) is 3.26. The van der Waals surface area contributed by atoms with Crippen molar-refractivity contribution < 1.29 is 54.0 Å². The van der Waals surface area contributed by atoms with Crippen LogP contribution in [0, 0.1) is 0 Å². The molecule has 5 nitrogen and oxygen atoms in total. The molecule has 0 bridgehead atoms. The summed E-state index contributed by atoms with van der Waals surface area (Å²) in [5.74, 6) is 1.59. The Balaban J connectivity index is 0.00000128. The van der Waals surface area contributed by atoms with Crippen LogP contribution in [0.1, 0.15) is 0 Å². The molecule has 0 amide bonds. The van der Waals surface area contributed by atoms with E-state index in [4.69, 9.17) is 4.98 Å². The van der Waals surface area contributed by atoms with Crippen molar-refractivity contribution in [1.29, 1.82) is 0 Å². The Kier molecular flexibility index (Phi) is 10.7. The summed E-state index contributed by atoms with van der Waals surface area (Å²) in [4.78, 5) is 13.9. The molecule has 0 spiro atoms. The summed E-state index contributed by atoms with van der Waals surface area (Å²) in [7, 11) is 0. The van der Waals surface area contributed by atoms with Gasteiger partial charge >= 0.3 is 16.8 Å². The molecule has 0 aliphatic rings. The third kappa shape index (κ3) is 5.41. The van der Waals surface area contributed by atoms with Crippen molar-refractivity contribution in [3.63, 3.8) is 0 Å². The van der Waals surface area contributed by atoms with Crippen molar-refractivity contribution >= 4 is 0 Å². The molecule has 5 aromatic rings. The predicted molar refractivity (Wildman–Crippen MR) is 109 cm³/mol. The standard InChI is InChI=1S/C23H17N5.3ClH.Co/c1-3-8-18(9-4-1)27-16-14-24-22(27)20-12-7-13-21(26-20)23-25-15-17-28(23)19-10-5-2-6-11-19;;;;/h1-17H;3*1H;/q;;;;+3/p-3. The van der Waals surface area contributed by atoms with Crippen molar-refractivity contribution in [3.8, 4) is 34.4 Å². The monoisotopic (exact) mass is 527 g/mol. The van der Waals surface area contributed by atoms with Gasteiger partial charge in [-0.2, -0.15) is 0 Å². The first-order chi connectivity index (χ1) is 13.9. The van der Waals surface area contributed by atoms with Crippen LogP contribution in [0.15, 0.2) is 104 Å². The zero-order valence-electron chi connectivity index (χ0n) is 16.5. The van der Waals surface area contributed by atoms with Gasteiger partial charge in [0.15, 0.2) is 11.6 Å². The first-order valence-corrected chi connectivity index (χ1v) is 9.05. The SMILES string of the molecule is [Cl-].[Cl-].[Cl-].[Co+3].c1ccc(-n2ccnc2-c2cccc(-c3nccn3-c3ccccc3)n2)cc1. The molecule has 0 saturated carbocycles. The van der Waals surface area contributed by atoms with Gasteiger partial charge in [-0.3, -0.25) is 9.13 Å². The van der Waals surface area contributed by atoms with Gasteiger partial charge in [0.25, 0.3) is 0 Å². The minimum Gasteiger partial charge on any atom is -1.00 e. The summed E-state index contributed by atoms with van der Waals surface area (Å²) in [6.07, 6.45) is 7.48. The van der Waals surface area contributed by atoms with Crippen molar-refractivity contribution in [3.05, 3.63) is 104 Å². The Morgan fingerprint density at radius 3 is 1.31 bits per heavy atom. The summed E-state index contributed by atoms with van der Waals surface area (Å²) in [5, 5.41) is 0. The second-order valence-electron chi connectivity index (χ2n) is 6.32. The second-order valence-corrected chi connectivity index (χ2v) is 6.32. The summed E-state index contributed by atoms with van der Waals surface area (Å²) in [6, 6.07) is 26.2. The average Bonchev–Trinajstić information content (AvgIpc) is 3.45. The van der Waals surface area contributed by atoms with Crippen molar-refractivity contribution in [2.75, 3.05) is 0 Å². The maximum Gasteiger partial charge on any atom is 3.00 e. The van der Waals surface area contributed by atoms with Crippen LogP contribution in [0.2, 0.25) is 0 Å². The van der Waals surface area contributed by atoms with E-state index in [1.807, 2.05) is 76.1 Å². The number of halogens is 3. The van der Waals surface area contributed by atoms with Crippen molar-refractivity contribution in [1.82, 2.24) is 24.1 Å². The zero-order chi connectivity index (χ0) is 18.8. The summed E-state index contributed by atoms with van der Waals surface area (Å²) < 4.78 is 4.07. The number of nitrogens with zero attached hydrogens (tertiary/aromatic N) is 5. The Labute approximate surface area is 215 Å². The Morgan fingerprint density at radius 2 is 0.906 bits per heavy atom. The zero-order valence-corrected chi connectivity index (χ0v) is 19.8. The van der Waals surface area contributed by atoms with E-state index in [2.05, 4.69) is 34.2 Å². The van der Waals surface area contributed by atoms with Gasteiger partial charge < -0.3 is 37.2 Å². The Hall–Kier alpha value is -2.61. The summed E-state index contributed by atoms with van der Waals surface area (Å²) >= 11 is 0. The average molecular weight is 529 g/mol. The number of hydrogen-bond donors (Lipinski definition) is 0. The fourth-order valence-corrected chi connectivity index (χ4v) is 3.26. The number of rotatable bonds is 4. The third-order valence-electron chi connectivity index (χ3n) is 4.56. The predicted octanol–water partition coefficient (Wildman–Crippen LogP) is -4.20. The van der Waals surface area contributed by atoms with Gasteiger partial charge in [-0.1, -0.05) is 42.5 Å². The van der Waals surface area contributed by atoms with E-state index in [0.717, 1.165) is 34.4 Å². The van der Waals surface area contributed by atoms with E-state index in [1.54, 1.807) is 12.4 Å². The van der Waals surface area contributed by atoms with Gasteiger partial charge in [-0.15, -0.1) is 0 Å². The molecular weight excluding hydrogens is 512 g/mol. The molecule has 2 aromatic carbocycles. The van der Waals surface area contributed by atoms with Crippen LogP contribution in [0.3, 0.4) is 0 Å². The fraction of sp³-hybridized carbons (Fsp3) is 0. The molecule has 0 unspecified atom stereocenters. The summed E-state index contributed by atoms with van der Waals surface area (Å²) in [5.41, 5.74) is 3.70. The minimum atomic E-state index is 0. The second kappa shape index (κ2) is 12.4. The molecule has 3 heterocycles. The molecule has 0 radical (unpaired) electrons. The first-order valence-electron chi connectivity index (χ1n) is 9.05. The third-order valence-corrected chi connectivity index (χ3v) is 4.56. The molecule has 9 heteroatoms. The number of aromatic nitrogens is 5. The van der Waals surface area contributed by atoms with E-state index < -0.39 is 0 Å². The maximum atomic E-state index is 4.86. The molecule has 0 fully saturated rings. The van der Waals surface area contributed by atoms with E-state index in [-0.39, 0.29) is 54.0 Å². The maximum absolute atomic E-state index is 4.86. The molecule has 0 atom stereocenters. The van der Waals surface area contributed by atoms with Gasteiger partial charge in [0.1, 0.15) is 11.4 Å². The summed E-state index contributed by atoms with van der Waals surface area (Å²) in [6.45, 7) is 0. The van der Waals surface area contributed by atoms with E-state index in [0.29, 0.717) is 0 Å². The number of para-hydroxylation sites is 2. The number of hydrogen-bond acceptors (Lipinski definition) is 3. The molecule has 3 aromatic heterocycles. The van der Waals surface area contributed by atoms with Crippen LogP contribution >= 0.6 is 0 Å². The van der Waals surface area contributed by atoms with Crippen LogP contribution in [0.5, 0.6) is 0 Å². The number of pyridine rings is 1. The van der Waals surface area contributed by atoms with Crippen molar-refractivity contribution in [2.24, 2.45) is 0 Å². The van der Waals surface area contributed by atoms with Crippen LogP contribution in [0.4, 0.5) is 0 Å². The molecule has 0 N–H and O–H groups in total. The van der Waals surface area contributed by atoms with E-state index in [9.17, 15) is 0 Å². The van der Waals surface area contributed by atoms with Crippen LogP contribution in [0.25, 0.3) is 34.4 Å². The molecule has 0 aliphatic carbocycles. The molecule has 164 valence electrons. The van der Waals surface area contributed by atoms with Gasteiger partial charge in [0, 0.05) is 36.2 Å². The van der Waals surface area contributed by atoms with Gasteiger partial charge in [0.2, 0.25) is 0 Å². The minimum absolute atomic E-state index is 0. The van der Waals surface area contributed by atoms with E-state index >= 15 is 0 Å². The van der Waals surface area contributed by atoms with E-state index in [1.165, 1.54) is 0 Å².